The number of rotatable bonds is 0. The van der Waals surface area contributed by atoms with E-state index in [4.69, 9.17) is 0 Å². The van der Waals surface area contributed by atoms with Crippen LogP contribution in [0.25, 0.3) is 0 Å². The van der Waals surface area contributed by atoms with Crippen molar-refractivity contribution < 1.29 is 15.0 Å². The summed E-state index contributed by atoms with van der Waals surface area (Å²) < 4.78 is 0. The summed E-state index contributed by atoms with van der Waals surface area (Å²) in [6.07, 6.45) is 7.72. The number of aliphatic hydroxyl groups excluding tert-OH is 2. The molecule has 4 aliphatic carbocycles. The van der Waals surface area contributed by atoms with Crippen molar-refractivity contribution in [1.82, 2.24) is 0 Å². The standard InChI is InChI=1S/C18H26O3/c1-18-9-8-11-10-4-6-15(19)17(21)13(10)3-2-12(11)14(18)5-7-16(18)20/h10-12,14,16,20-21H,2-9H2,1H3/t10-,11-,12-,14+,16?,18+/m1/s1. The van der Waals surface area contributed by atoms with Gasteiger partial charge in [-0.1, -0.05) is 6.92 Å². The molecule has 0 amide bonds. The number of allylic oxidation sites excluding steroid dienone is 1. The van der Waals surface area contributed by atoms with Crippen molar-refractivity contribution in [3.8, 4) is 0 Å². The summed E-state index contributed by atoms with van der Waals surface area (Å²) in [5, 5.41) is 20.5. The van der Waals surface area contributed by atoms with Crippen LogP contribution in [-0.4, -0.2) is 22.1 Å². The lowest BCUT2D eigenvalue weighted by Gasteiger charge is -2.53. The lowest BCUT2D eigenvalue weighted by Crippen LogP contribution is -2.47. The van der Waals surface area contributed by atoms with Crippen LogP contribution < -0.4 is 0 Å². The minimum absolute atomic E-state index is 0.0448. The number of hydrogen-bond donors (Lipinski definition) is 2. The van der Waals surface area contributed by atoms with Crippen molar-refractivity contribution in [3.05, 3.63) is 11.3 Å². The highest BCUT2D eigenvalue weighted by atomic mass is 16.3. The fraction of sp³-hybridized carbons (Fsp3) is 0.833. The first kappa shape index (κ1) is 13.8. The number of fused-ring (bicyclic) bond motifs is 5. The number of aliphatic hydroxyl groups is 2. The minimum atomic E-state index is -0.123. The van der Waals surface area contributed by atoms with Gasteiger partial charge in [-0.25, -0.2) is 0 Å². The van der Waals surface area contributed by atoms with Gasteiger partial charge in [0.2, 0.25) is 0 Å². The molecule has 2 N–H and O–H groups in total. The van der Waals surface area contributed by atoms with E-state index in [1.54, 1.807) is 0 Å². The van der Waals surface area contributed by atoms with Crippen LogP contribution in [-0.2, 0) is 4.79 Å². The second kappa shape index (κ2) is 4.58. The molecule has 1 unspecified atom stereocenters. The molecule has 3 saturated carbocycles. The van der Waals surface area contributed by atoms with Crippen molar-refractivity contribution in [2.75, 3.05) is 0 Å². The molecule has 0 aromatic rings. The van der Waals surface area contributed by atoms with E-state index in [2.05, 4.69) is 6.92 Å². The molecule has 3 fully saturated rings. The Morgan fingerprint density at radius 3 is 2.67 bits per heavy atom. The van der Waals surface area contributed by atoms with Gasteiger partial charge >= 0.3 is 0 Å². The van der Waals surface area contributed by atoms with Crippen LogP contribution in [0.15, 0.2) is 11.3 Å². The quantitative estimate of drug-likeness (QED) is 0.719. The van der Waals surface area contributed by atoms with Gasteiger partial charge in [0, 0.05) is 6.42 Å². The monoisotopic (exact) mass is 290 g/mol. The van der Waals surface area contributed by atoms with Gasteiger partial charge in [-0.15, -0.1) is 0 Å². The Hall–Kier alpha value is -0.830. The van der Waals surface area contributed by atoms with Crippen molar-refractivity contribution in [1.29, 1.82) is 0 Å². The molecule has 3 heteroatoms. The van der Waals surface area contributed by atoms with Gasteiger partial charge in [0.05, 0.1) is 6.10 Å². The second-order valence-corrected chi connectivity index (χ2v) is 8.05. The Labute approximate surface area is 126 Å². The van der Waals surface area contributed by atoms with E-state index in [0.717, 1.165) is 50.5 Å². The van der Waals surface area contributed by atoms with E-state index in [1.165, 1.54) is 0 Å². The molecular weight excluding hydrogens is 264 g/mol. The Morgan fingerprint density at radius 1 is 1.05 bits per heavy atom. The van der Waals surface area contributed by atoms with E-state index in [-0.39, 0.29) is 23.1 Å². The fourth-order valence-electron chi connectivity index (χ4n) is 6.24. The molecule has 0 aromatic carbocycles. The van der Waals surface area contributed by atoms with Gasteiger partial charge in [-0.2, -0.15) is 0 Å². The van der Waals surface area contributed by atoms with Gasteiger partial charge in [0.25, 0.3) is 0 Å². The summed E-state index contributed by atoms with van der Waals surface area (Å²) in [7, 11) is 0. The van der Waals surface area contributed by atoms with Crippen molar-refractivity contribution in [3.63, 3.8) is 0 Å². The summed E-state index contributed by atoms with van der Waals surface area (Å²) in [5.41, 5.74) is 1.18. The third kappa shape index (κ3) is 1.79. The Morgan fingerprint density at radius 2 is 1.86 bits per heavy atom. The maximum Gasteiger partial charge on any atom is 0.197 e. The number of carbonyl (C=O) groups is 1. The van der Waals surface area contributed by atoms with E-state index in [1.807, 2.05) is 0 Å². The number of hydrogen-bond acceptors (Lipinski definition) is 3. The molecule has 0 aromatic heterocycles. The molecule has 21 heavy (non-hydrogen) atoms. The summed E-state index contributed by atoms with van der Waals surface area (Å²) in [6.45, 7) is 2.29. The molecule has 0 saturated heterocycles. The highest BCUT2D eigenvalue weighted by Crippen LogP contribution is 2.61. The van der Waals surface area contributed by atoms with Gasteiger partial charge in [0.1, 0.15) is 0 Å². The lowest BCUT2D eigenvalue weighted by molar-refractivity contribution is -0.120. The number of ketones is 1. The van der Waals surface area contributed by atoms with Gasteiger partial charge < -0.3 is 10.2 Å². The zero-order valence-corrected chi connectivity index (χ0v) is 12.8. The van der Waals surface area contributed by atoms with E-state index in [9.17, 15) is 15.0 Å². The zero-order chi connectivity index (χ0) is 14.8. The smallest absolute Gasteiger partial charge is 0.197 e. The average Bonchev–Trinajstić information content (AvgIpc) is 2.78. The summed E-state index contributed by atoms with van der Waals surface area (Å²) in [4.78, 5) is 11.7. The maximum absolute atomic E-state index is 11.7. The van der Waals surface area contributed by atoms with Crippen LogP contribution >= 0.6 is 0 Å². The van der Waals surface area contributed by atoms with Crippen LogP contribution in [0.1, 0.15) is 58.3 Å². The molecule has 0 heterocycles. The molecule has 0 spiro atoms. The van der Waals surface area contributed by atoms with Gasteiger partial charge in [0.15, 0.2) is 11.5 Å². The Bertz CT molecular complexity index is 509. The number of carbonyl (C=O) groups excluding carboxylic acids is 1. The van der Waals surface area contributed by atoms with Crippen LogP contribution in [0.2, 0.25) is 0 Å². The molecule has 0 radical (unpaired) electrons. The topological polar surface area (TPSA) is 57.5 Å². The Balaban J connectivity index is 1.66. The van der Waals surface area contributed by atoms with E-state index in [0.29, 0.717) is 30.1 Å². The summed E-state index contributed by atoms with van der Waals surface area (Å²) in [6, 6.07) is 0. The largest absolute Gasteiger partial charge is 0.504 e. The Kier molecular flexibility index (Phi) is 3.01. The second-order valence-electron chi connectivity index (χ2n) is 8.05. The molecule has 3 nitrogen and oxygen atoms in total. The summed E-state index contributed by atoms with van der Waals surface area (Å²) >= 11 is 0. The third-order valence-electron chi connectivity index (χ3n) is 7.40. The molecular formula is C18H26O3. The first-order valence-corrected chi connectivity index (χ1v) is 8.65. The first-order valence-electron chi connectivity index (χ1n) is 8.65. The third-order valence-corrected chi connectivity index (χ3v) is 7.40. The molecule has 4 aliphatic rings. The first-order chi connectivity index (χ1) is 10.0. The zero-order valence-electron chi connectivity index (χ0n) is 12.8. The average molecular weight is 290 g/mol. The highest BCUT2D eigenvalue weighted by Gasteiger charge is 2.56. The van der Waals surface area contributed by atoms with Crippen LogP contribution in [0.3, 0.4) is 0 Å². The molecule has 0 bridgehead atoms. The maximum atomic E-state index is 11.7. The van der Waals surface area contributed by atoms with E-state index < -0.39 is 0 Å². The predicted molar refractivity (Wildman–Crippen MR) is 79.7 cm³/mol. The predicted octanol–water partition coefficient (Wildman–Crippen LogP) is 3.37. The van der Waals surface area contributed by atoms with Crippen molar-refractivity contribution in [2.24, 2.45) is 29.1 Å². The SMILES string of the molecule is C[C@]12CC[C@H]3[C@@H](CCC4=C(O)C(=O)CC[C@@H]43)[C@@H]1CCC2O. The molecule has 4 rings (SSSR count). The highest BCUT2D eigenvalue weighted by molar-refractivity contribution is 5.94. The van der Waals surface area contributed by atoms with Crippen molar-refractivity contribution in [2.45, 2.75) is 64.4 Å². The van der Waals surface area contributed by atoms with E-state index >= 15 is 0 Å². The lowest BCUT2D eigenvalue weighted by atomic mass is 9.52. The normalized spacial score (nSPS) is 49.6. The fourth-order valence-corrected chi connectivity index (χ4v) is 6.24. The van der Waals surface area contributed by atoms with Gasteiger partial charge in [-0.3, -0.25) is 4.79 Å². The van der Waals surface area contributed by atoms with Gasteiger partial charge in [-0.05, 0) is 79.6 Å². The molecule has 116 valence electrons. The van der Waals surface area contributed by atoms with Crippen LogP contribution in [0, 0.1) is 29.1 Å². The molecule has 6 atom stereocenters. The van der Waals surface area contributed by atoms with Crippen molar-refractivity contribution >= 4 is 5.78 Å². The van der Waals surface area contributed by atoms with Crippen LogP contribution in [0.5, 0.6) is 0 Å². The minimum Gasteiger partial charge on any atom is -0.504 e. The number of Topliss-reactive ketones (excluding diaryl/α,β-unsaturated/α-hetero) is 1. The molecule has 0 aliphatic heterocycles. The van der Waals surface area contributed by atoms with Crippen LogP contribution in [0.4, 0.5) is 0 Å². The summed E-state index contributed by atoms with van der Waals surface area (Å²) in [5.74, 6) is 2.46.